The lowest BCUT2D eigenvalue weighted by Gasteiger charge is -2.13. The summed E-state index contributed by atoms with van der Waals surface area (Å²) in [6.45, 7) is 1.38. The maximum atomic E-state index is 6.24. The molecule has 0 saturated carbocycles. The van der Waals surface area contributed by atoms with Gasteiger partial charge in [-0.3, -0.25) is 9.97 Å². The van der Waals surface area contributed by atoms with Crippen molar-refractivity contribution in [1.29, 1.82) is 0 Å². The molecule has 5 aromatic rings. The van der Waals surface area contributed by atoms with Gasteiger partial charge in [0.25, 0.3) is 0 Å². The van der Waals surface area contributed by atoms with Crippen molar-refractivity contribution in [2.24, 2.45) is 0 Å². The van der Waals surface area contributed by atoms with E-state index in [1.807, 2.05) is 48.8 Å². The molecule has 6 nitrogen and oxygen atoms in total. The highest BCUT2D eigenvalue weighted by atomic mass is 79.9. The molecule has 0 N–H and O–H groups in total. The van der Waals surface area contributed by atoms with Gasteiger partial charge >= 0.3 is 0 Å². The standard InChI is InChI=1S/C38H44N4O2.4BrH/c1(3-7-17-33-19-9-11-23-39-33)5-13-26-43-35-28-32(37-22-21-31-16-15-25-41-38(31)42-37)29-36(30-35)44-27-14-6-2-4-8-18-34-20-10-12-24-40-34;;;;/h9-12,15-16,19-25,28-30H,1-8,13-14,17-18,26-27H2;4*1H. The van der Waals surface area contributed by atoms with Gasteiger partial charge in [-0.25, -0.2) is 9.97 Å². The Hall–Kier alpha value is -2.40. The van der Waals surface area contributed by atoms with Gasteiger partial charge in [-0.2, -0.15) is 0 Å². The van der Waals surface area contributed by atoms with Gasteiger partial charge in [0, 0.05) is 47.0 Å². The third kappa shape index (κ3) is 15.4. The van der Waals surface area contributed by atoms with E-state index in [4.69, 9.17) is 14.5 Å². The number of hydrogen-bond donors (Lipinski definition) is 0. The molecule has 4 aromatic heterocycles. The minimum Gasteiger partial charge on any atom is -0.493 e. The first kappa shape index (κ1) is 43.6. The van der Waals surface area contributed by atoms with Crippen LogP contribution in [0.4, 0.5) is 0 Å². The van der Waals surface area contributed by atoms with Gasteiger partial charge < -0.3 is 9.47 Å². The van der Waals surface area contributed by atoms with Crippen LogP contribution in [0.5, 0.6) is 11.5 Å². The van der Waals surface area contributed by atoms with Gasteiger partial charge in [0.05, 0.1) is 18.9 Å². The molecule has 0 fully saturated rings. The zero-order chi connectivity index (χ0) is 30.1. The molecule has 260 valence electrons. The second-order valence-electron chi connectivity index (χ2n) is 11.3. The van der Waals surface area contributed by atoms with Crippen LogP contribution in [-0.2, 0) is 12.8 Å². The fourth-order valence-electron chi connectivity index (χ4n) is 5.35. The lowest BCUT2D eigenvalue weighted by Crippen LogP contribution is -2.01. The van der Waals surface area contributed by atoms with Crippen LogP contribution in [-0.4, -0.2) is 33.1 Å². The number of rotatable bonds is 19. The Kier molecular flexibility index (Phi) is 23.2. The molecule has 0 unspecified atom stereocenters. The molecule has 0 spiro atoms. The molecule has 1 aromatic carbocycles. The largest absolute Gasteiger partial charge is 0.493 e. The van der Waals surface area contributed by atoms with Crippen molar-refractivity contribution < 1.29 is 9.47 Å². The maximum Gasteiger partial charge on any atom is 0.159 e. The maximum absolute atomic E-state index is 6.24. The minimum atomic E-state index is 0. The van der Waals surface area contributed by atoms with E-state index in [-0.39, 0.29) is 67.9 Å². The molecule has 0 aliphatic carbocycles. The molecule has 0 bridgehead atoms. The molecule has 5 rings (SSSR count). The molecule has 0 saturated heterocycles. The SMILES string of the molecule is Br.Br.Br.Br.c1ccc(CCCCCCCOc2cc(OCCCCCCCc3ccccn3)cc(-c3ccc4cccnc4n3)c2)nc1. The number of nitrogens with zero attached hydrogens (tertiary/aromatic N) is 4. The summed E-state index contributed by atoms with van der Waals surface area (Å²) in [4.78, 5) is 18.1. The summed E-state index contributed by atoms with van der Waals surface area (Å²) in [7, 11) is 0. The highest BCUT2D eigenvalue weighted by molar-refractivity contribution is 8.93. The number of aryl methyl sites for hydroxylation is 2. The summed E-state index contributed by atoms with van der Waals surface area (Å²) in [5.74, 6) is 1.65. The van der Waals surface area contributed by atoms with Crippen molar-refractivity contribution in [2.75, 3.05) is 13.2 Å². The van der Waals surface area contributed by atoms with Crippen LogP contribution in [0.3, 0.4) is 0 Å². The summed E-state index contributed by atoms with van der Waals surface area (Å²) in [6, 6.07) is 26.5. The quantitative estimate of drug-likeness (QED) is 0.0769. The van der Waals surface area contributed by atoms with Crippen LogP contribution in [0.1, 0.15) is 75.6 Å². The Morgan fingerprint density at radius 3 is 1.52 bits per heavy atom. The van der Waals surface area contributed by atoms with Gasteiger partial charge in [0.1, 0.15) is 11.5 Å². The van der Waals surface area contributed by atoms with E-state index in [1.165, 1.54) is 49.9 Å². The average molecular weight is 912 g/mol. The monoisotopic (exact) mass is 908 g/mol. The molecular formula is C38H48Br4N4O2. The lowest BCUT2D eigenvalue weighted by atomic mass is 10.1. The summed E-state index contributed by atoms with van der Waals surface area (Å²) >= 11 is 0. The Balaban J connectivity index is 0.00000288. The first-order valence-electron chi connectivity index (χ1n) is 16.3. The zero-order valence-corrected chi connectivity index (χ0v) is 34.2. The first-order valence-corrected chi connectivity index (χ1v) is 16.3. The number of unbranched alkanes of at least 4 members (excludes halogenated alkanes) is 8. The number of fused-ring (bicyclic) bond motifs is 1. The van der Waals surface area contributed by atoms with E-state index >= 15 is 0 Å². The van der Waals surface area contributed by atoms with Gasteiger partial charge in [-0.05, 0) is 99.2 Å². The summed E-state index contributed by atoms with van der Waals surface area (Å²) in [6.07, 6.45) is 19.2. The summed E-state index contributed by atoms with van der Waals surface area (Å²) < 4.78 is 12.5. The van der Waals surface area contributed by atoms with Crippen molar-refractivity contribution in [1.82, 2.24) is 19.9 Å². The van der Waals surface area contributed by atoms with E-state index in [0.717, 1.165) is 72.3 Å². The van der Waals surface area contributed by atoms with E-state index in [0.29, 0.717) is 13.2 Å². The van der Waals surface area contributed by atoms with E-state index in [2.05, 4.69) is 57.4 Å². The third-order valence-electron chi connectivity index (χ3n) is 7.78. The van der Waals surface area contributed by atoms with E-state index in [1.54, 1.807) is 6.20 Å². The molecule has 0 radical (unpaired) electrons. The second-order valence-corrected chi connectivity index (χ2v) is 11.3. The molecule has 0 aliphatic rings. The smallest absolute Gasteiger partial charge is 0.159 e. The minimum absolute atomic E-state index is 0. The van der Waals surface area contributed by atoms with Crippen LogP contribution in [0.25, 0.3) is 22.3 Å². The van der Waals surface area contributed by atoms with E-state index < -0.39 is 0 Å². The number of aromatic nitrogens is 4. The predicted molar refractivity (Wildman–Crippen MR) is 219 cm³/mol. The molecule has 0 atom stereocenters. The van der Waals surface area contributed by atoms with Crippen LogP contribution in [0.2, 0.25) is 0 Å². The number of benzene rings is 1. The van der Waals surface area contributed by atoms with Gasteiger partial charge in [0.15, 0.2) is 5.65 Å². The highest BCUT2D eigenvalue weighted by Gasteiger charge is 2.09. The molecule has 10 heteroatoms. The van der Waals surface area contributed by atoms with Crippen molar-refractivity contribution in [3.63, 3.8) is 0 Å². The molecule has 0 amide bonds. The first-order chi connectivity index (χ1) is 21.8. The van der Waals surface area contributed by atoms with Crippen LogP contribution in [0, 0.1) is 0 Å². The Labute approximate surface area is 328 Å². The van der Waals surface area contributed by atoms with Crippen LogP contribution < -0.4 is 9.47 Å². The predicted octanol–water partition coefficient (Wildman–Crippen LogP) is 11.5. The topological polar surface area (TPSA) is 70.0 Å². The Morgan fingerprint density at radius 1 is 0.458 bits per heavy atom. The number of halogens is 4. The summed E-state index contributed by atoms with van der Waals surface area (Å²) in [5, 5.41) is 1.03. The van der Waals surface area contributed by atoms with Crippen LogP contribution in [0.15, 0.2) is 97.5 Å². The average Bonchev–Trinajstić information content (AvgIpc) is 3.08. The second kappa shape index (κ2) is 25.6. The highest BCUT2D eigenvalue weighted by Crippen LogP contribution is 2.30. The number of pyridine rings is 4. The lowest BCUT2D eigenvalue weighted by molar-refractivity contribution is 0.290. The van der Waals surface area contributed by atoms with Gasteiger partial charge in [-0.15, -0.1) is 67.9 Å². The molecule has 0 aliphatic heterocycles. The molecule has 4 heterocycles. The number of hydrogen-bond acceptors (Lipinski definition) is 6. The van der Waals surface area contributed by atoms with Crippen molar-refractivity contribution in [3.8, 4) is 22.8 Å². The molecule has 48 heavy (non-hydrogen) atoms. The zero-order valence-electron chi connectivity index (χ0n) is 27.4. The van der Waals surface area contributed by atoms with Crippen LogP contribution >= 0.6 is 67.9 Å². The fourth-order valence-corrected chi connectivity index (χ4v) is 5.35. The van der Waals surface area contributed by atoms with Gasteiger partial charge in [0.2, 0.25) is 0 Å². The molecular weight excluding hydrogens is 864 g/mol. The normalized spacial score (nSPS) is 10.2. The Morgan fingerprint density at radius 2 is 0.979 bits per heavy atom. The third-order valence-corrected chi connectivity index (χ3v) is 7.78. The van der Waals surface area contributed by atoms with Gasteiger partial charge in [-0.1, -0.05) is 50.7 Å². The van der Waals surface area contributed by atoms with Crippen molar-refractivity contribution in [2.45, 2.75) is 77.0 Å². The van der Waals surface area contributed by atoms with E-state index in [9.17, 15) is 0 Å². The number of ether oxygens (including phenoxy) is 2. The van der Waals surface area contributed by atoms with Crippen molar-refractivity contribution >= 4 is 79.0 Å². The van der Waals surface area contributed by atoms with Crippen molar-refractivity contribution in [3.05, 3.63) is 109 Å². The fraction of sp³-hybridized carbons (Fsp3) is 0.368. The summed E-state index contributed by atoms with van der Waals surface area (Å²) in [5.41, 5.74) is 4.95. The Bertz CT molecular complexity index is 1470.